The third-order valence-electron chi connectivity index (χ3n) is 1.99. The Morgan fingerprint density at radius 1 is 1.29 bits per heavy atom. The Bertz CT molecular complexity index is 267. The molecule has 1 unspecified atom stereocenters. The van der Waals surface area contributed by atoms with E-state index in [1.165, 1.54) is 5.69 Å². The average Bonchev–Trinajstić information content (AvgIpc) is 2.15. The molecule has 0 saturated carbocycles. The molecule has 1 atom stereocenters. The minimum atomic E-state index is -0.316. The van der Waals surface area contributed by atoms with Crippen molar-refractivity contribution in [2.24, 2.45) is 0 Å². The number of anilines is 2. The summed E-state index contributed by atoms with van der Waals surface area (Å²) in [5.41, 5.74) is 2.21. The van der Waals surface area contributed by atoms with Crippen molar-refractivity contribution >= 4 is 11.4 Å². The lowest BCUT2D eigenvalue weighted by molar-refractivity contribution is 0.208. The Kier molecular flexibility index (Phi) is 3.77. The number of hydrogen-bond acceptors (Lipinski definition) is 3. The van der Waals surface area contributed by atoms with E-state index >= 15 is 0 Å². The first-order valence-corrected chi connectivity index (χ1v) is 4.79. The van der Waals surface area contributed by atoms with Gasteiger partial charge in [-0.2, -0.15) is 0 Å². The van der Waals surface area contributed by atoms with Gasteiger partial charge in [0.2, 0.25) is 0 Å². The van der Waals surface area contributed by atoms with Crippen LogP contribution in [-0.2, 0) is 0 Å². The van der Waals surface area contributed by atoms with Crippen molar-refractivity contribution in [1.29, 1.82) is 0 Å². The molecule has 3 heteroatoms. The van der Waals surface area contributed by atoms with Gasteiger partial charge in [0.05, 0.1) is 6.10 Å². The van der Waals surface area contributed by atoms with Crippen molar-refractivity contribution in [2.75, 3.05) is 30.9 Å². The van der Waals surface area contributed by atoms with Gasteiger partial charge in [0.1, 0.15) is 0 Å². The van der Waals surface area contributed by atoms with E-state index in [2.05, 4.69) is 10.2 Å². The highest BCUT2D eigenvalue weighted by Gasteiger charge is 1.97. The maximum atomic E-state index is 9.09. The van der Waals surface area contributed by atoms with Crippen molar-refractivity contribution in [3.05, 3.63) is 24.3 Å². The minimum absolute atomic E-state index is 0.316. The van der Waals surface area contributed by atoms with E-state index < -0.39 is 0 Å². The van der Waals surface area contributed by atoms with Gasteiger partial charge in [-0.1, -0.05) is 0 Å². The first-order valence-electron chi connectivity index (χ1n) is 4.79. The van der Waals surface area contributed by atoms with E-state index in [-0.39, 0.29) is 6.10 Å². The fourth-order valence-electron chi connectivity index (χ4n) is 1.14. The monoisotopic (exact) mass is 194 g/mol. The van der Waals surface area contributed by atoms with E-state index in [4.69, 9.17) is 5.11 Å². The molecule has 1 aromatic carbocycles. The largest absolute Gasteiger partial charge is 0.392 e. The summed E-state index contributed by atoms with van der Waals surface area (Å²) >= 11 is 0. The summed E-state index contributed by atoms with van der Waals surface area (Å²) in [5.74, 6) is 0. The predicted octanol–water partition coefficient (Wildman–Crippen LogP) is 1.55. The van der Waals surface area contributed by atoms with Crippen molar-refractivity contribution in [3.8, 4) is 0 Å². The summed E-state index contributed by atoms with van der Waals surface area (Å²) in [4.78, 5) is 2.05. The third kappa shape index (κ3) is 3.26. The van der Waals surface area contributed by atoms with Gasteiger partial charge in [-0.05, 0) is 31.2 Å². The Morgan fingerprint density at radius 3 is 2.29 bits per heavy atom. The van der Waals surface area contributed by atoms with Crippen LogP contribution in [0.15, 0.2) is 24.3 Å². The van der Waals surface area contributed by atoms with Crippen molar-refractivity contribution < 1.29 is 5.11 Å². The molecule has 2 N–H and O–H groups in total. The van der Waals surface area contributed by atoms with Crippen LogP contribution in [0.5, 0.6) is 0 Å². The van der Waals surface area contributed by atoms with Gasteiger partial charge in [0.25, 0.3) is 0 Å². The molecule has 78 valence electrons. The smallest absolute Gasteiger partial charge is 0.0684 e. The molecule has 1 aromatic rings. The van der Waals surface area contributed by atoms with Gasteiger partial charge in [-0.3, -0.25) is 0 Å². The quantitative estimate of drug-likeness (QED) is 0.763. The number of hydrogen-bond donors (Lipinski definition) is 2. The van der Waals surface area contributed by atoms with Crippen LogP contribution in [0.2, 0.25) is 0 Å². The van der Waals surface area contributed by atoms with Crippen LogP contribution in [0.4, 0.5) is 11.4 Å². The third-order valence-corrected chi connectivity index (χ3v) is 1.99. The maximum absolute atomic E-state index is 9.09. The Hall–Kier alpha value is -1.22. The first-order chi connectivity index (χ1) is 6.59. The molecule has 0 bridgehead atoms. The number of nitrogens with zero attached hydrogens (tertiary/aromatic N) is 1. The lowest BCUT2D eigenvalue weighted by Gasteiger charge is -2.13. The molecule has 0 radical (unpaired) electrons. The molecular weight excluding hydrogens is 176 g/mol. The van der Waals surface area contributed by atoms with Gasteiger partial charge in [0.15, 0.2) is 0 Å². The van der Waals surface area contributed by atoms with Crippen LogP contribution >= 0.6 is 0 Å². The second-order valence-electron chi connectivity index (χ2n) is 3.67. The molecule has 0 aliphatic heterocycles. The maximum Gasteiger partial charge on any atom is 0.0684 e. The SMILES string of the molecule is CC(O)CNc1ccc(N(C)C)cc1. The van der Waals surface area contributed by atoms with Gasteiger partial charge < -0.3 is 15.3 Å². The zero-order valence-corrected chi connectivity index (χ0v) is 8.99. The summed E-state index contributed by atoms with van der Waals surface area (Å²) in [6.45, 7) is 2.35. The highest BCUT2D eigenvalue weighted by molar-refractivity contribution is 5.54. The van der Waals surface area contributed by atoms with Crippen LogP contribution in [-0.4, -0.2) is 31.9 Å². The van der Waals surface area contributed by atoms with Crippen LogP contribution in [0, 0.1) is 0 Å². The fraction of sp³-hybridized carbons (Fsp3) is 0.455. The van der Waals surface area contributed by atoms with Crippen LogP contribution < -0.4 is 10.2 Å². The van der Waals surface area contributed by atoms with Gasteiger partial charge in [0, 0.05) is 32.0 Å². The Labute approximate surface area is 85.4 Å². The molecular formula is C11H18N2O. The summed E-state index contributed by atoms with van der Waals surface area (Å²) in [6.07, 6.45) is -0.316. The number of nitrogens with one attached hydrogen (secondary N) is 1. The lowest BCUT2D eigenvalue weighted by Crippen LogP contribution is -2.15. The minimum Gasteiger partial charge on any atom is -0.392 e. The molecule has 0 spiro atoms. The van der Waals surface area contributed by atoms with E-state index in [9.17, 15) is 0 Å². The van der Waals surface area contributed by atoms with Crippen LogP contribution in [0.3, 0.4) is 0 Å². The standard InChI is InChI=1S/C11H18N2O/c1-9(14)8-12-10-4-6-11(7-5-10)13(2)3/h4-7,9,12,14H,8H2,1-3H3. The Morgan fingerprint density at radius 2 is 1.86 bits per heavy atom. The molecule has 0 aromatic heterocycles. The van der Waals surface area contributed by atoms with Crippen molar-refractivity contribution in [3.63, 3.8) is 0 Å². The molecule has 14 heavy (non-hydrogen) atoms. The van der Waals surface area contributed by atoms with E-state index in [0.717, 1.165) is 5.69 Å². The topological polar surface area (TPSA) is 35.5 Å². The average molecular weight is 194 g/mol. The highest BCUT2D eigenvalue weighted by atomic mass is 16.3. The van der Waals surface area contributed by atoms with E-state index in [1.54, 1.807) is 6.92 Å². The molecule has 1 rings (SSSR count). The van der Waals surface area contributed by atoms with Gasteiger partial charge >= 0.3 is 0 Å². The number of aliphatic hydroxyl groups excluding tert-OH is 1. The molecule has 0 amide bonds. The lowest BCUT2D eigenvalue weighted by atomic mass is 10.2. The fourth-order valence-corrected chi connectivity index (χ4v) is 1.14. The van der Waals surface area contributed by atoms with Crippen LogP contribution in [0.25, 0.3) is 0 Å². The second-order valence-corrected chi connectivity index (χ2v) is 3.67. The normalized spacial score (nSPS) is 12.3. The second kappa shape index (κ2) is 4.86. The first kappa shape index (κ1) is 10.9. The molecule has 3 nitrogen and oxygen atoms in total. The van der Waals surface area contributed by atoms with Crippen molar-refractivity contribution in [2.45, 2.75) is 13.0 Å². The zero-order valence-electron chi connectivity index (χ0n) is 8.99. The number of aliphatic hydroxyl groups is 1. The summed E-state index contributed by atoms with van der Waals surface area (Å²) in [5, 5.41) is 12.2. The number of benzene rings is 1. The molecule has 0 aliphatic carbocycles. The zero-order chi connectivity index (χ0) is 10.6. The van der Waals surface area contributed by atoms with Gasteiger partial charge in [-0.25, -0.2) is 0 Å². The number of rotatable bonds is 4. The summed E-state index contributed by atoms with van der Waals surface area (Å²) in [6, 6.07) is 8.12. The molecule has 0 fully saturated rings. The van der Waals surface area contributed by atoms with E-state index in [1.807, 2.05) is 38.4 Å². The predicted molar refractivity (Wildman–Crippen MR) is 60.9 cm³/mol. The summed E-state index contributed by atoms with van der Waals surface area (Å²) < 4.78 is 0. The van der Waals surface area contributed by atoms with E-state index in [0.29, 0.717) is 6.54 Å². The van der Waals surface area contributed by atoms with Crippen LogP contribution in [0.1, 0.15) is 6.92 Å². The Balaban J connectivity index is 2.55. The molecule has 0 aliphatic rings. The highest BCUT2D eigenvalue weighted by Crippen LogP contribution is 2.15. The molecule has 0 heterocycles. The summed E-state index contributed by atoms with van der Waals surface area (Å²) in [7, 11) is 4.02. The molecule has 0 saturated heterocycles. The van der Waals surface area contributed by atoms with Crippen molar-refractivity contribution in [1.82, 2.24) is 0 Å². The van der Waals surface area contributed by atoms with Gasteiger partial charge in [-0.15, -0.1) is 0 Å².